The lowest BCUT2D eigenvalue weighted by Gasteiger charge is -2.28. The van der Waals surface area contributed by atoms with Gasteiger partial charge in [-0.2, -0.15) is 0 Å². The summed E-state index contributed by atoms with van der Waals surface area (Å²) in [6, 6.07) is 13.7. The molecule has 2 saturated carbocycles. The Balaban J connectivity index is 1.64. The highest BCUT2D eigenvalue weighted by Gasteiger charge is 2.66. The molecule has 1 saturated heterocycles. The molecule has 24 heavy (non-hydrogen) atoms. The topological polar surface area (TPSA) is 37.4 Å². The average molecular weight is 449 g/mol. The Bertz CT molecular complexity index is 845. The lowest BCUT2D eigenvalue weighted by Crippen LogP contribution is -2.37. The highest BCUT2D eigenvalue weighted by Crippen LogP contribution is 2.60. The van der Waals surface area contributed by atoms with Crippen LogP contribution in [-0.4, -0.2) is 21.5 Å². The maximum atomic E-state index is 13.2. The molecule has 0 N–H and O–H groups in total. The van der Waals surface area contributed by atoms with Crippen molar-refractivity contribution in [2.24, 2.45) is 23.7 Å². The van der Waals surface area contributed by atoms with Gasteiger partial charge in [-0.15, -0.1) is 0 Å². The number of amides is 2. The van der Waals surface area contributed by atoms with Crippen molar-refractivity contribution in [3.05, 3.63) is 42.5 Å². The van der Waals surface area contributed by atoms with E-state index >= 15 is 0 Å². The summed E-state index contributed by atoms with van der Waals surface area (Å²) in [5, 5.41) is 2.01. The molecule has 3 aliphatic rings. The van der Waals surface area contributed by atoms with Gasteiger partial charge in [-0.3, -0.25) is 9.59 Å². The van der Waals surface area contributed by atoms with Crippen molar-refractivity contribution in [1.29, 1.82) is 0 Å². The fourth-order valence-electron chi connectivity index (χ4n) is 4.99. The second kappa shape index (κ2) is 5.15. The number of hydrogen-bond donors (Lipinski definition) is 0. The lowest BCUT2D eigenvalue weighted by atomic mass is 9.81. The van der Waals surface area contributed by atoms with Crippen LogP contribution in [0.15, 0.2) is 42.5 Å². The molecule has 0 unspecified atom stereocenters. The SMILES string of the molecule is O=C1[C@@H]2[C@H]3C[C@@H]([C@H](Br)[C@@H]3Br)[C@@H]2C(=O)N1c1cccc2ccccc12. The summed E-state index contributed by atoms with van der Waals surface area (Å²) < 4.78 is 0. The number of imide groups is 1. The molecule has 2 aromatic carbocycles. The summed E-state index contributed by atoms with van der Waals surface area (Å²) >= 11 is 7.46. The molecule has 1 aliphatic heterocycles. The van der Waals surface area contributed by atoms with E-state index in [0.29, 0.717) is 0 Å². The molecule has 5 rings (SSSR count). The Morgan fingerprint density at radius 2 is 1.42 bits per heavy atom. The number of benzene rings is 2. The summed E-state index contributed by atoms with van der Waals surface area (Å²) in [5.41, 5.74) is 0.731. The third-order valence-electron chi connectivity index (χ3n) is 5.99. The number of anilines is 1. The van der Waals surface area contributed by atoms with E-state index in [4.69, 9.17) is 0 Å². The van der Waals surface area contributed by atoms with Gasteiger partial charge in [0.2, 0.25) is 11.8 Å². The second-order valence-electron chi connectivity index (χ2n) is 7.01. The summed E-state index contributed by atoms with van der Waals surface area (Å²) in [5.74, 6) is 0.135. The van der Waals surface area contributed by atoms with Crippen LogP contribution in [0.4, 0.5) is 5.69 Å². The average Bonchev–Trinajstić information content (AvgIpc) is 3.20. The summed E-state index contributed by atoms with van der Waals surface area (Å²) in [7, 11) is 0. The lowest BCUT2D eigenvalue weighted by molar-refractivity contribution is -0.123. The first kappa shape index (κ1) is 15.1. The normalized spacial score (nSPS) is 37.5. The molecule has 122 valence electrons. The number of halogens is 2. The standard InChI is InChI=1S/C19H15Br2NO2/c20-16-11-8-12(17(16)21)15-14(11)18(23)22(19(15)24)13-7-3-5-9-4-1-2-6-10(9)13/h1-7,11-12,14-17H,8H2/t11-,12-,14-,15+,16-,17+/m1/s1. The molecule has 2 bridgehead atoms. The van der Waals surface area contributed by atoms with Crippen molar-refractivity contribution in [1.82, 2.24) is 0 Å². The fourth-order valence-corrected chi connectivity index (χ4v) is 6.86. The van der Waals surface area contributed by atoms with E-state index < -0.39 is 0 Å². The van der Waals surface area contributed by atoms with Crippen LogP contribution in [0.5, 0.6) is 0 Å². The number of nitrogens with zero attached hydrogens (tertiary/aromatic N) is 1. The molecular weight excluding hydrogens is 434 g/mol. The van der Waals surface area contributed by atoms with Gasteiger partial charge < -0.3 is 0 Å². The van der Waals surface area contributed by atoms with Crippen LogP contribution in [0.3, 0.4) is 0 Å². The fraction of sp³-hybridized carbons (Fsp3) is 0.368. The molecule has 1 heterocycles. The van der Waals surface area contributed by atoms with Gasteiger partial charge >= 0.3 is 0 Å². The van der Waals surface area contributed by atoms with E-state index in [1.54, 1.807) is 0 Å². The monoisotopic (exact) mass is 447 g/mol. The van der Waals surface area contributed by atoms with E-state index in [9.17, 15) is 9.59 Å². The van der Waals surface area contributed by atoms with Gasteiger partial charge in [-0.05, 0) is 29.7 Å². The largest absolute Gasteiger partial charge is 0.274 e. The van der Waals surface area contributed by atoms with Crippen molar-refractivity contribution < 1.29 is 9.59 Å². The van der Waals surface area contributed by atoms with Gasteiger partial charge in [-0.1, -0.05) is 68.3 Å². The van der Waals surface area contributed by atoms with Gasteiger partial charge in [0.25, 0.3) is 0 Å². The molecule has 6 atom stereocenters. The van der Waals surface area contributed by atoms with Crippen LogP contribution in [0, 0.1) is 23.7 Å². The summed E-state index contributed by atoms with van der Waals surface area (Å²) in [6.07, 6.45) is 0.960. The molecule has 3 nitrogen and oxygen atoms in total. The molecular formula is C19H15Br2NO2. The van der Waals surface area contributed by atoms with Crippen LogP contribution < -0.4 is 4.90 Å². The highest BCUT2D eigenvalue weighted by atomic mass is 79.9. The van der Waals surface area contributed by atoms with Crippen molar-refractivity contribution in [3.8, 4) is 0 Å². The molecule has 5 heteroatoms. The molecule has 0 radical (unpaired) electrons. The van der Waals surface area contributed by atoms with E-state index in [-0.39, 0.29) is 45.1 Å². The molecule has 2 amide bonds. The Morgan fingerprint density at radius 1 is 0.833 bits per heavy atom. The maximum Gasteiger partial charge on any atom is 0.238 e. The number of hydrogen-bond acceptors (Lipinski definition) is 2. The second-order valence-corrected chi connectivity index (χ2v) is 9.13. The Kier molecular flexibility index (Phi) is 3.24. The number of rotatable bonds is 1. The van der Waals surface area contributed by atoms with Gasteiger partial charge in [0.15, 0.2) is 0 Å². The van der Waals surface area contributed by atoms with E-state index in [2.05, 4.69) is 31.9 Å². The number of carbonyl (C=O) groups excluding carboxylic acids is 2. The van der Waals surface area contributed by atoms with Gasteiger partial charge in [0.1, 0.15) is 0 Å². The Morgan fingerprint density at radius 3 is 2.08 bits per heavy atom. The number of fused-ring (bicyclic) bond motifs is 6. The predicted octanol–water partition coefficient (Wildman–Crippen LogP) is 4.12. The molecule has 0 aromatic heterocycles. The van der Waals surface area contributed by atoms with Crippen LogP contribution in [0.1, 0.15) is 6.42 Å². The molecule has 0 spiro atoms. The zero-order valence-corrected chi connectivity index (χ0v) is 15.9. The van der Waals surface area contributed by atoms with Crippen molar-refractivity contribution >= 4 is 60.1 Å². The first-order valence-corrected chi connectivity index (χ1v) is 10.1. The Labute approximate surface area is 156 Å². The number of carbonyl (C=O) groups is 2. The first-order valence-electron chi connectivity index (χ1n) is 8.23. The summed E-state index contributed by atoms with van der Waals surface area (Å²) in [6.45, 7) is 0. The van der Waals surface area contributed by atoms with Gasteiger partial charge in [-0.25, -0.2) is 4.90 Å². The third kappa shape index (κ3) is 1.77. The minimum Gasteiger partial charge on any atom is -0.274 e. The maximum absolute atomic E-state index is 13.2. The molecule has 2 aliphatic carbocycles. The van der Waals surface area contributed by atoms with Crippen molar-refractivity contribution in [3.63, 3.8) is 0 Å². The van der Waals surface area contributed by atoms with E-state index in [1.807, 2.05) is 42.5 Å². The van der Waals surface area contributed by atoms with Gasteiger partial charge in [0.05, 0.1) is 17.5 Å². The molecule has 2 aromatic rings. The zero-order chi connectivity index (χ0) is 16.6. The minimum atomic E-state index is -0.167. The quantitative estimate of drug-likeness (QED) is 0.486. The van der Waals surface area contributed by atoms with Crippen LogP contribution in [-0.2, 0) is 9.59 Å². The van der Waals surface area contributed by atoms with Gasteiger partial charge in [0, 0.05) is 15.0 Å². The predicted molar refractivity (Wildman–Crippen MR) is 100 cm³/mol. The minimum absolute atomic E-state index is 0.0160. The molecule has 3 fully saturated rings. The van der Waals surface area contributed by atoms with Crippen LogP contribution in [0.25, 0.3) is 10.8 Å². The van der Waals surface area contributed by atoms with Crippen LogP contribution in [0.2, 0.25) is 0 Å². The smallest absolute Gasteiger partial charge is 0.238 e. The zero-order valence-electron chi connectivity index (χ0n) is 12.7. The Hall–Kier alpha value is -1.20. The van der Waals surface area contributed by atoms with Crippen molar-refractivity contribution in [2.75, 3.05) is 4.90 Å². The van der Waals surface area contributed by atoms with Crippen LogP contribution >= 0.6 is 31.9 Å². The van der Waals surface area contributed by atoms with Crippen molar-refractivity contribution in [2.45, 2.75) is 16.1 Å². The third-order valence-corrected chi connectivity index (χ3v) is 9.20. The highest BCUT2D eigenvalue weighted by molar-refractivity contribution is 9.12. The van der Waals surface area contributed by atoms with E-state index in [0.717, 1.165) is 22.9 Å². The first-order chi connectivity index (χ1) is 11.6. The summed E-state index contributed by atoms with van der Waals surface area (Å²) in [4.78, 5) is 28.3. The number of alkyl halides is 2. The van der Waals surface area contributed by atoms with E-state index in [1.165, 1.54) is 4.90 Å².